The smallest absolute Gasteiger partial charge is 0.293 e. The van der Waals surface area contributed by atoms with Gasteiger partial charge in [0.05, 0.1) is 10.6 Å². The van der Waals surface area contributed by atoms with E-state index in [1.165, 1.54) is 27.8 Å². The van der Waals surface area contributed by atoms with Crippen molar-refractivity contribution in [2.75, 3.05) is 10.6 Å². The summed E-state index contributed by atoms with van der Waals surface area (Å²) in [7, 11) is 1.72. The average Bonchev–Trinajstić information content (AvgIpc) is 3.29. The van der Waals surface area contributed by atoms with E-state index in [9.17, 15) is 9.59 Å². The highest BCUT2D eigenvalue weighted by Crippen LogP contribution is 2.32. The van der Waals surface area contributed by atoms with Crippen molar-refractivity contribution in [3.05, 3.63) is 91.5 Å². The van der Waals surface area contributed by atoms with Crippen LogP contribution in [0.1, 0.15) is 44.1 Å². The lowest BCUT2D eigenvalue weighted by atomic mass is 9.99. The molecule has 178 valence electrons. The third kappa shape index (κ3) is 4.77. The fourth-order valence-corrected chi connectivity index (χ4v) is 5.57. The van der Waals surface area contributed by atoms with Gasteiger partial charge in [-0.3, -0.25) is 9.59 Å². The van der Waals surface area contributed by atoms with Crippen LogP contribution in [-0.4, -0.2) is 15.5 Å². The minimum Gasteiger partial charge on any atom is -0.336 e. The summed E-state index contributed by atoms with van der Waals surface area (Å²) in [5.41, 5.74) is 6.20. The molecule has 1 amide bonds. The van der Waals surface area contributed by atoms with Crippen LogP contribution in [0.4, 0.5) is 17.2 Å². The van der Waals surface area contributed by atoms with Crippen LogP contribution < -0.4 is 16.2 Å². The molecule has 2 aromatic heterocycles. The number of hydrogen-bond acceptors (Lipinski definition) is 5. The molecule has 35 heavy (non-hydrogen) atoms. The molecule has 0 fully saturated rings. The van der Waals surface area contributed by atoms with Gasteiger partial charge in [0.2, 0.25) is 0 Å². The van der Waals surface area contributed by atoms with E-state index >= 15 is 0 Å². The van der Waals surface area contributed by atoms with Crippen LogP contribution in [0.2, 0.25) is 0 Å². The minimum atomic E-state index is -0.210. The van der Waals surface area contributed by atoms with Crippen LogP contribution in [0.5, 0.6) is 0 Å². The number of carbonyl (C=O) groups excluding carboxylic acids is 1. The second kappa shape index (κ2) is 9.50. The molecule has 0 unspecified atom stereocenters. The number of anilines is 3. The summed E-state index contributed by atoms with van der Waals surface area (Å²) in [4.78, 5) is 32.5. The Hall–Kier alpha value is -3.71. The maximum atomic E-state index is 13.0. The second-order valence-electron chi connectivity index (χ2n) is 9.08. The van der Waals surface area contributed by atoms with Gasteiger partial charge in [-0.05, 0) is 74.9 Å². The van der Waals surface area contributed by atoms with Crippen LogP contribution in [0.15, 0.2) is 59.5 Å². The molecule has 0 spiro atoms. The number of fused-ring (bicyclic) bond motifs is 1. The number of nitrogens with zero attached hydrogens (tertiary/aromatic N) is 2. The zero-order valence-corrected chi connectivity index (χ0v) is 21.0. The van der Waals surface area contributed by atoms with E-state index in [1.54, 1.807) is 24.6 Å². The highest BCUT2D eigenvalue weighted by atomic mass is 32.1. The van der Waals surface area contributed by atoms with Crippen molar-refractivity contribution < 1.29 is 4.79 Å². The third-order valence-electron chi connectivity index (χ3n) is 6.46. The van der Waals surface area contributed by atoms with E-state index in [-0.39, 0.29) is 17.3 Å². The molecule has 5 rings (SSSR count). The maximum absolute atomic E-state index is 13.0. The topological polar surface area (TPSA) is 76.0 Å². The zero-order valence-electron chi connectivity index (χ0n) is 20.1. The Morgan fingerprint density at radius 1 is 1.06 bits per heavy atom. The molecule has 2 N–H and O–H groups in total. The fraction of sp³-hybridized carbons (Fsp3) is 0.250. The maximum Gasteiger partial charge on any atom is 0.293 e. The second-order valence-corrected chi connectivity index (χ2v) is 10.2. The molecule has 0 radical (unpaired) electrons. The van der Waals surface area contributed by atoms with Gasteiger partial charge in [0.15, 0.2) is 5.82 Å². The lowest BCUT2D eigenvalue weighted by molar-refractivity contribution is 0.103. The van der Waals surface area contributed by atoms with Crippen molar-refractivity contribution in [3.63, 3.8) is 0 Å². The third-order valence-corrected chi connectivity index (χ3v) is 7.70. The number of carbonyl (C=O) groups is 1. The van der Waals surface area contributed by atoms with E-state index in [1.807, 2.05) is 62.4 Å². The van der Waals surface area contributed by atoms with Crippen LogP contribution in [-0.2, 0) is 19.9 Å². The molecular weight excluding hydrogens is 456 g/mol. The van der Waals surface area contributed by atoms with Crippen molar-refractivity contribution in [1.82, 2.24) is 9.55 Å². The molecular formula is C28H28N4O2S. The Labute approximate surface area is 208 Å². The highest BCUT2D eigenvalue weighted by Gasteiger charge is 2.19. The molecule has 2 aromatic carbocycles. The molecule has 7 heteroatoms. The van der Waals surface area contributed by atoms with Crippen molar-refractivity contribution >= 4 is 34.4 Å². The normalized spacial score (nSPS) is 12.8. The first-order valence-electron chi connectivity index (χ1n) is 11.8. The first-order valence-corrected chi connectivity index (χ1v) is 12.6. The fourth-order valence-electron chi connectivity index (χ4n) is 4.43. The zero-order chi connectivity index (χ0) is 24.5. The predicted molar refractivity (Wildman–Crippen MR) is 143 cm³/mol. The summed E-state index contributed by atoms with van der Waals surface area (Å²) >= 11 is 1.61. The van der Waals surface area contributed by atoms with Crippen LogP contribution >= 0.6 is 11.3 Å². The Morgan fingerprint density at radius 2 is 1.83 bits per heavy atom. The standard InChI is InChI=1S/C28H28N4O2S/c1-17-11-13-20(14-12-17)29-26-28(34)32(3)16-23(30-26)21-8-6-9-22(18(21)2)31-27(33)25-15-19-7-4-5-10-24(19)35-25/h6,8-9,11-16H,4-5,7,10H2,1-3H3,(H,29,30)(H,31,33). The van der Waals surface area contributed by atoms with Gasteiger partial charge in [0, 0.05) is 35.1 Å². The summed E-state index contributed by atoms with van der Waals surface area (Å²) in [5.74, 6) is 0.173. The lowest BCUT2D eigenvalue weighted by Gasteiger charge is -2.14. The molecule has 1 aliphatic rings. The lowest BCUT2D eigenvalue weighted by Crippen LogP contribution is -2.21. The largest absolute Gasteiger partial charge is 0.336 e. The van der Waals surface area contributed by atoms with E-state index in [4.69, 9.17) is 0 Å². The van der Waals surface area contributed by atoms with Crippen molar-refractivity contribution in [2.24, 2.45) is 7.05 Å². The number of thiophene rings is 1. The predicted octanol–water partition coefficient (Wildman–Crippen LogP) is 6.00. The van der Waals surface area contributed by atoms with Gasteiger partial charge < -0.3 is 15.2 Å². The summed E-state index contributed by atoms with van der Waals surface area (Å²) in [6.07, 6.45) is 6.25. The molecule has 1 aliphatic carbocycles. The molecule has 0 saturated heterocycles. The monoisotopic (exact) mass is 484 g/mol. The molecule has 0 saturated carbocycles. The first-order chi connectivity index (χ1) is 16.9. The number of rotatable bonds is 5. The molecule has 2 heterocycles. The van der Waals surface area contributed by atoms with Gasteiger partial charge in [-0.2, -0.15) is 0 Å². The number of aromatic nitrogens is 2. The number of hydrogen-bond donors (Lipinski definition) is 2. The van der Waals surface area contributed by atoms with Crippen LogP contribution in [0, 0.1) is 13.8 Å². The molecule has 0 bridgehead atoms. The van der Waals surface area contributed by atoms with E-state index in [2.05, 4.69) is 15.6 Å². The number of amides is 1. The quantitative estimate of drug-likeness (QED) is 0.364. The van der Waals surface area contributed by atoms with Crippen LogP contribution in [0.3, 0.4) is 0 Å². The molecule has 6 nitrogen and oxygen atoms in total. The Balaban J connectivity index is 1.44. The van der Waals surface area contributed by atoms with E-state index < -0.39 is 0 Å². The van der Waals surface area contributed by atoms with E-state index in [0.29, 0.717) is 5.69 Å². The first kappa shape index (κ1) is 23.1. The van der Waals surface area contributed by atoms with Gasteiger partial charge in [0.1, 0.15) is 0 Å². The number of nitrogens with one attached hydrogen (secondary N) is 2. The van der Waals surface area contributed by atoms with E-state index in [0.717, 1.165) is 45.8 Å². The number of benzene rings is 2. The average molecular weight is 485 g/mol. The molecule has 4 aromatic rings. The highest BCUT2D eigenvalue weighted by molar-refractivity contribution is 7.14. The molecule has 0 atom stereocenters. The van der Waals surface area contributed by atoms with Gasteiger partial charge in [-0.1, -0.05) is 29.8 Å². The summed E-state index contributed by atoms with van der Waals surface area (Å²) in [5, 5.41) is 6.24. The van der Waals surface area contributed by atoms with Crippen molar-refractivity contribution in [3.8, 4) is 11.3 Å². The van der Waals surface area contributed by atoms with Gasteiger partial charge in [0.25, 0.3) is 11.5 Å². The van der Waals surface area contributed by atoms with Crippen molar-refractivity contribution in [2.45, 2.75) is 39.5 Å². The Kier molecular flexibility index (Phi) is 6.26. The summed E-state index contributed by atoms with van der Waals surface area (Å²) in [6.45, 7) is 3.98. The number of aryl methyl sites for hydroxylation is 4. The summed E-state index contributed by atoms with van der Waals surface area (Å²) in [6, 6.07) is 15.6. The van der Waals surface area contributed by atoms with Crippen LogP contribution in [0.25, 0.3) is 11.3 Å². The van der Waals surface area contributed by atoms with Gasteiger partial charge in [-0.15, -0.1) is 11.3 Å². The van der Waals surface area contributed by atoms with Gasteiger partial charge in [-0.25, -0.2) is 4.98 Å². The summed E-state index contributed by atoms with van der Waals surface area (Å²) < 4.78 is 1.53. The minimum absolute atomic E-state index is 0.0835. The molecule has 0 aliphatic heterocycles. The van der Waals surface area contributed by atoms with Crippen molar-refractivity contribution in [1.29, 1.82) is 0 Å². The SMILES string of the molecule is Cc1ccc(Nc2nc(-c3cccc(NC(=O)c4cc5c(s4)CCCC5)c3C)cn(C)c2=O)cc1. The Bertz CT molecular complexity index is 1440. The van der Waals surface area contributed by atoms with Gasteiger partial charge >= 0.3 is 0 Å². The Morgan fingerprint density at radius 3 is 2.60 bits per heavy atom.